The first-order chi connectivity index (χ1) is 9.59. The van der Waals surface area contributed by atoms with E-state index in [2.05, 4.69) is 0 Å². The number of aromatic hydroxyl groups is 1. The maximum absolute atomic E-state index is 12.1. The molecule has 0 saturated carbocycles. The zero-order valence-corrected chi connectivity index (χ0v) is 11.7. The summed E-state index contributed by atoms with van der Waals surface area (Å²) in [6.45, 7) is 0. The van der Waals surface area contributed by atoms with Crippen molar-refractivity contribution in [2.75, 3.05) is 0 Å². The number of hydrogen-bond acceptors (Lipinski definition) is 2. The Morgan fingerprint density at radius 2 is 1.60 bits per heavy atom. The van der Waals surface area contributed by atoms with E-state index < -0.39 is 5.56 Å². The average Bonchev–Trinajstić information content (AvgIpc) is 2.51. The molecule has 3 aromatic rings. The second-order valence-electron chi connectivity index (χ2n) is 4.32. The van der Waals surface area contributed by atoms with E-state index in [4.69, 9.17) is 23.2 Å². The molecule has 0 radical (unpaired) electrons. The first-order valence-corrected chi connectivity index (χ1v) is 6.63. The lowest BCUT2D eigenvalue weighted by molar-refractivity contribution is 0.475. The van der Waals surface area contributed by atoms with Crippen LogP contribution in [0, 0.1) is 0 Å². The van der Waals surface area contributed by atoms with Crippen LogP contribution in [0.2, 0.25) is 10.0 Å². The summed E-state index contributed by atoms with van der Waals surface area (Å²) in [5, 5.41) is 9.48. The average molecular weight is 306 g/mol. The molecule has 3 rings (SSSR count). The Bertz CT molecular complexity index is 857. The van der Waals surface area contributed by atoms with Gasteiger partial charge >= 0.3 is 0 Å². The molecule has 0 saturated heterocycles. The molecular formula is C15H9Cl2NO2. The molecule has 5 heteroatoms. The number of benzene rings is 1. The van der Waals surface area contributed by atoms with Gasteiger partial charge in [-0.1, -0.05) is 59.6 Å². The van der Waals surface area contributed by atoms with E-state index in [0.29, 0.717) is 5.52 Å². The van der Waals surface area contributed by atoms with Gasteiger partial charge in [-0.05, 0) is 17.2 Å². The van der Waals surface area contributed by atoms with Gasteiger partial charge in [0.05, 0.1) is 5.52 Å². The van der Waals surface area contributed by atoms with E-state index in [0.717, 1.165) is 11.1 Å². The van der Waals surface area contributed by atoms with Crippen LogP contribution in [0.1, 0.15) is 0 Å². The summed E-state index contributed by atoms with van der Waals surface area (Å²) in [6.07, 6.45) is 1.66. The Hall–Kier alpha value is -1.97. The van der Waals surface area contributed by atoms with Crippen LogP contribution in [0.3, 0.4) is 0 Å². The predicted octanol–water partition coefficient (Wildman–Crippen LogP) is 3.98. The highest BCUT2D eigenvalue weighted by Crippen LogP contribution is 2.33. The summed E-state index contributed by atoms with van der Waals surface area (Å²) in [5.74, 6) is -0.384. The molecule has 0 fully saturated rings. The highest BCUT2D eigenvalue weighted by atomic mass is 35.5. The van der Waals surface area contributed by atoms with Gasteiger partial charge < -0.3 is 5.11 Å². The van der Waals surface area contributed by atoms with Crippen LogP contribution in [0.5, 0.6) is 5.75 Å². The van der Waals surface area contributed by atoms with Crippen molar-refractivity contribution in [2.24, 2.45) is 0 Å². The minimum absolute atomic E-state index is 0.0641. The van der Waals surface area contributed by atoms with Crippen LogP contribution in [-0.4, -0.2) is 9.51 Å². The van der Waals surface area contributed by atoms with E-state index in [9.17, 15) is 9.90 Å². The summed E-state index contributed by atoms with van der Waals surface area (Å²) in [5.41, 5.74) is 1.75. The molecule has 2 aromatic heterocycles. The van der Waals surface area contributed by atoms with Crippen molar-refractivity contribution in [3.63, 3.8) is 0 Å². The summed E-state index contributed by atoms with van der Waals surface area (Å²) in [6, 6.07) is 13.2. The maximum Gasteiger partial charge on any atom is 0.277 e. The Kier molecular flexibility index (Phi) is 3.16. The van der Waals surface area contributed by atoms with Crippen molar-refractivity contribution in [3.05, 3.63) is 69.1 Å². The maximum atomic E-state index is 12.1. The molecule has 2 heterocycles. The molecule has 1 N–H and O–H groups in total. The van der Waals surface area contributed by atoms with Crippen LogP contribution in [0.4, 0.5) is 0 Å². The highest BCUT2D eigenvalue weighted by Gasteiger charge is 2.14. The van der Waals surface area contributed by atoms with Gasteiger partial charge in [-0.2, -0.15) is 0 Å². The van der Waals surface area contributed by atoms with Crippen molar-refractivity contribution in [2.45, 2.75) is 0 Å². The normalized spacial score (nSPS) is 10.9. The van der Waals surface area contributed by atoms with Crippen molar-refractivity contribution >= 4 is 28.7 Å². The molecule has 0 amide bonds. The van der Waals surface area contributed by atoms with E-state index in [1.165, 1.54) is 4.40 Å². The Balaban J connectivity index is 2.35. The van der Waals surface area contributed by atoms with Crippen molar-refractivity contribution in [3.8, 4) is 16.9 Å². The fraction of sp³-hybridized carbons (Fsp3) is 0. The number of pyridine rings is 2. The van der Waals surface area contributed by atoms with Crippen LogP contribution in [-0.2, 0) is 0 Å². The molecular weight excluding hydrogens is 297 g/mol. The molecule has 0 aliphatic rings. The van der Waals surface area contributed by atoms with Crippen LogP contribution < -0.4 is 5.56 Å². The highest BCUT2D eigenvalue weighted by molar-refractivity contribution is 6.39. The van der Waals surface area contributed by atoms with E-state index in [1.54, 1.807) is 12.3 Å². The molecule has 3 nitrogen and oxygen atoms in total. The molecule has 0 aliphatic carbocycles. The van der Waals surface area contributed by atoms with E-state index in [-0.39, 0.29) is 15.8 Å². The SMILES string of the molecule is O=c1c(Cl)c(O)c(Cl)c2ccc(-c3ccccc3)cn12. The zero-order chi connectivity index (χ0) is 14.3. The van der Waals surface area contributed by atoms with Gasteiger partial charge in [0.2, 0.25) is 0 Å². The van der Waals surface area contributed by atoms with Gasteiger partial charge in [0, 0.05) is 6.20 Å². The second-order valence-corrected chi connectivity index (χ2v) is 5.08. The largest absolute Gasteiger partial charge is 0.505 e. The van der Waals surface area contributed by atoms with Gasteiger partial charge in [-0.25, -0.2) is 0 Å². The first-order valence-electron chi connectivity index (χ1n) is 5.87. The number of halogens is 2. The van der Waals surface area contributed by atoms with Crippen LogP contribution in [0.15, 0.2) is 53.5 Å². The van der Waals surface area contributed by atoms with Crippen molar-refractivity contribution in [1.29, 1.82) is 0 Å². The lowest BCUT2D eigenvalue weighted by Gasteiger charge is -2.09. The fourth-order valence-electron chi connectivity index (χ4n) is 2.07. The third-order valence-electron chi connectivity index (χ3n) is 3.10. The first kappa shape index (κ1) is 13.0. The third-order valence-corrected chi connectivity index (χ3v) is 3.82. The summed E-state index contributed by atoms with van der Waals surface area (Å²) >= 11 is 11.8. The van der Waals surface area contributed by atoms with Gasteiger partial charge in [-0.15, -0.1) is 0 Å². The molecule has 0 bridgehead atoms. The lowest BCUT2D eigenvalue weighted by atomic mass is 10.1. The van der Waals surface area contributed by atoms with Gasteiger partial charge in [-0.3, -0.25) is 9.20 Å². The van der Waals surface area contributed by atoms with Gasteiger partial charge in [0.15, 0.2) is 5.75 Å². The lowest BCUT2D eigenvalue weighted by Crippen LogP contribution is -2.14. The summed E-state index contributed by atoms with van der Waals surface area (Å²) < 4.78 is 1.34. The van der Waals surface area contributed by atoms with Gasteiger partial charge in [0.1, 0.15) is 10.0 Å². The van der Waals surface area contributed by atoms with E-state index >= 15 is 0 Å². The zero-order valence-electron chi connectivity index (χ0n) is 10.2. The second kappa shape index (κ2) is 4.85. The Morgan fingerprint density at radius 1 is 0.900 bits per heavy atom. The Labute approximate surface area is 124 Å². The topological polar surface area (TPSA) is 41.7 Å². The predicted molar refractivity (Wildman–Crippen MR) is 80.8 cm³/mol. The number of nitrogens with zero attached hydrogens (tertiary/aromatic N) is 1. The quantitative estimate of drug-likeness (QED) is 0.739. The molecule has 20 heavy (non-hydrogen) atoms. The minimum atomic E-state index is -0.499. The summed E-state index contributed by atoms with van der Waals surface area (Å²) in [7, 11) is 0. The molecule has 0 spiro atoms. The minimum Gasteiger partial charge on any atom is -0.505 e. The van der Waals surface area contributed by atoms with Gasteiger partial charge in [0.25, 0.3) is 5.56 Å². The van der Waals surface area contributed by atoms with Crippen molar-refractivity contribution < 1.29 is 5.11 Å². The van der Waals surface area contributed by atoms with Crippen LogP contribution >= 0.6 is 23.2 Å². The fourth-order valence-corrected chi connectivity index (χ4v) is 2.56. The van der Waals surface area contributed by atoms with Crippen molar-refractivity contribution in [1.82, 2.24) is 4.40 Å². The van der Waals surface area contributed by atoms with E-state index in [1.807, 2.05) is 36.4 Å². The smallest absolute Gasteiger partial charge is 0.277 e. The molecule has 0 atom stereocenters. The standard InChI is InChI=1S/C15H9Cl2NO2/c16-12-11-7-6-10(9-4-2-1-3-5-9)8-18(11)15(20)13(17)14(12)19/h1-8,19H. The molecule has 0 aliphatic heterocycles. The third kappa shape index (κ3) is 1.96. The number of hydrogen-bond donors (Lipinski definition) is 1. The molecule has 100 valence electrons. The number of aromatic nitrogens is 1. The molecule has 1 aromatic carbocycles. The summed E-state index contributed by atoms with van der Waals surface area (Å²) in [4.78, 5) is 12.1. The molecule has 0 unspecified atom stereocenters. The van der Waals surface area contributed by atoms with Crippen LogP contribution in [0.25, 0.3) is 16.6 Å². The number of fused-ring (bicyclic) bond motifs is 1. The number of rotatable bonds is 1. The Morgan fingerprint density at radius 3 is 2.30 bits per heavy atom. The monoisotopic (exact) mass is 305 g/mol.